The van der Waals surface area contributed by atoms with E-state index in [4.69, 9.17) is 5.11 Å². The molecule has 0 saturated heterocycles. The fourth-order valence-corrected chi connectivity index (χ4v) is 2.14. The molecule has 1 atom stereocenters. The van der Waals surface area contributed by atoms with E-state index in [1.807, 2.05) is 0 Å². The topological polar surface area (TPSA) is 97.1 Å². The highest BCUT2D eigenvalue weighted by molar-refractivity contribution is 5.91. The Kier molecular flexibility index (Phi) is 2.52. The number of rotatable bonds is 2. The number of amides is 1. The summed E-state index contributed by atoms with van der Waals surface area (Å²) >= 11 is 0. The molecule has 1 aromatic carbocycles. The van der Waals surface area contributed by atoms with Gasteiger partial charge in [-0.05, 0) is 17.7 Å². The molecule has 1 amide bonds. The Morgan fingerprint density at radius 3 is 2.79 bits per heavy atom. The standard InChI is InChI=1S/C12H10N4O3/c17-10-5-9(16-6-13-15-12(16)14-10)7-1-3-8(4-2-7)11(18)19/h1-4,6,9H,5H2,(H,18,19)(H,14,15,17). The van der Waals surface area contributed by atoms with Gasteiger partial charge in [0.2, 0.25) is 11.9 Å². The van der Waals surface area contributed by atoms with Gasteiger partial charge < -0.3 is 5.11 Å². The molecular weight excluding hydrogens is 248 g/mol. The molecule has 7 nitrogen and oxygen atoms in total. The highest BCUT2D eigenvalue weighted by atomic mass is 16.4. The van der Waals surface area contributed by atoms with E-state index < -0.39 is 5.97 Å². The van der Waals surface area contributed by atoms with Gasteiger partial charge in [0.25, 0.3) is 0 Å². The van der Waals surface area contributed by atoms with Crippen molar-refractivity contribution < 1.29 is 14.7 Å². The molecule has 0 radical (unpaired) electrons. The molecule has 2 heterocycles. The second-order valence-corrected chi connectivity index (χ2v) is 4.26. The molecule has 1 aliphatic heterocycles. The highest BCUT2D eigenvalue weighted by Gasteiger charge is 2.26. The van der Waals surface area contributed by atoms with Gasteiger partial charge in [0.1, 0.15) is 6.33 Å². The van der Waals surface area contributed by atoms with E-state index in [9.17, 15) is 9.59 Å². The molecular formula is C12H10N4O3. The zero-order valence-electron chi connectivity index (χ0n) is 9.78. The quantitative estimate of drug-likeness (QED) is 0.834. The molecule has 96 valence electrons. The molecule has 0 aliphatic carbocycles. The van der Waals surface area contributed by atoms with Crippen molar-refractivity contribution in [2.45, 2.75) is 12.5 Å². The van der Waals surface area contributed by atoms with E-state index >= 15 is 0 Å². The van der Waals surface area contributed by atoms with E-state index in [0.717, 1.165) is 5.56 Å². The Bertz CT molecular complexity index is 647. The lowest BCUT2D eigenvalue weighted by atomic mass is 10.0. The van der Waals surface area contributed by atoms with Gasteiger partial charge in [0, 0.05) is 0 Å². The number of nitrogens with one attached hydrogen (secondary N) is 1. The van der Waals surface area contributed by atoms with Crippen LogP contribution in [0.15, 0.2) is 30.6 Å². The van der Waals surface area contributed by atoms with Crippen LogP contribution in [0.25, 0.3) is 0 Å². The Hall–Kier alpha value is -2.70. The smallest absolute Gasteiger partial charge is 0.335 e. The molecule has 7 heteroatoms. The fourth-order valence-electron chi connectivity index (χ4n) is 2.14. The first-order valence-electron chi connectivity index (χ1n) is 5.68. The van der Waals surface area contributed by atoms with Gasteiger partial charge in [-0.15, -0.1) is 10.2 Å². The Morgan fingerprint density at radius 1 is 1.37 bits per heavy atom. The van der Waals surface area contributed by atoms with Crippen molar-refractivity contribution in [3.05, 3.63) is 41.7 Å². The Labute approximate surface area is 107 Å². The predicted molar refractivity (Wildman–Crippen MR) is 64.8 cm³/mol. The van der Waals surface area contributed by atoms with Crippen LogP contribution < -0.4 is 5.32 Å². The third kappa shape index (κ3) is 1.95. The number of hydrogen-bond acceptors (Lipinski definition) is 4. The maximum atomic E-state index is 11.6. The van der Waals surface area contributed by atoms with Crippen molar-refractivity contribution in [1.29, 1.82) is 0 Å². The summed E-state index contributed by atoms with van der Waals surface area (Å²) in [5.74, 6) is -0.700. The molecule has 2 aromatic rings. The maximum absolute atomic E-state index is 11.6. The molecule has 1 unspecified atom stereocenters. The lowest BCUT2D eigenvalue weighted by Crippen LogP contribution is -2.28. The number of carbonyl (C=O) groups excluding carboxylic acids is 1. The number of hydrogen-bond donors (Lipinski definition) is 2. The van der Waals surface area contributed by atoms with Crippen LogP contribution in [-0.4, -0.2) is 31.7 Å². The number of carboxylic acids is 1. The number of carbonyl (C=O) groups is 2. The summed E-state index contributed by atoms with van der Waals surface area (Å²) in [6.07, 6.45) is 1.82. The van der Waals surface area contributed by atoms with E-state index in [-0.39, 0.29) is 23.9 Å². The first kappa shape index (κ1) is 11.4. The summed E-state index contributed by atoms with van der Waals surface area (Å²) in [5, 5.41) is 19.1. The average Bonchev–Trinajstić information content (AvgIpc) is 2.85. The molecule has 19 heavy (non-hydrogen) atoms. The molecule has 2 N–H and O–H groups in total. The van der Waals surface area contributed by atoms with Crippen molar-refractivity contribution in [3.8, 4) is 0 Å². The number of benzene rings is 1. The lowest BCUT2D eigenvalue weighted by molar-refractivity contribution is -0.117. The van der Waals surface area contributed by atoms with Crippen molar-refractivity contribution >= 4 is 17.8 Å². The normalized spacial score (nSPS) is 17.7. The maximum Gasteiger partial charge on any atom is 0.335 e. The molecule has 1 aliphatic rings. The van der Waals surface area contributed by atoms with Crippen LogP contribution in [0.4, 0.5) is 5.95 Å². The van der Waals surface area contributed by atoms with Crippen molar-refractivity contribution in [2.24, 2.45) is 0 Å². The second-order valence-electron chi connectivity index (χ2n) is 4.26. The monoisotopic (exact) mass is 258 g/mol. The first-order valence-corrected chi connectivity index (χ1v) is 5.68. The van der Waals surface area contributed by atoms with E-state index in [1.54, 1.807) is 23.0 Å². The third-order valence-electron chi connectivity index (χ3n) is 3.08. The van der Waals surface area contributed by atoms with Gasteiger partial charge in [-0.2, -0.15) is 0 Å². The van der Waals surface area contributed by atoms with Crippen LogP contribution in [0.3, 0.4) is 0 Å². The van der Waals surface area contributed by atoms with Crippen molar-refractivity contribution in [3.63, 3.8) is 0 Å². The average molecular weight is 258 g/mol. The zero-order valence-corrected chi connectivity index (χ0v) is 9.78. The minimum absolute atomic E-state index is 0.132. The Morgan fingerprint density at radius 2 is 2.11 bits per heavy atom. The number of anilines is 1. The van der Waals surface area contributed by atoms with Crippen LogP contribution in [-0.2, 0) is 4.79 Å². The SMILES string of the molecule is O=C1CC(c2ccc(C(=O)O)cc2)n2cnnc2N1. The summed E-state index contributed by atoms with van der Waals surface area (Å²) < 4.78 is 1.76. The van der Waals surface area contributed by atoms with E-state index in [0.29, 0.717) is 5.95 Å². The highest BCUT2D eigenvalue weighted by Crippen LogP contribution is 2.28. The minimum Gasteiger partial charge on any atom is -0.478 e. The molecule has 1 aromatic heterocycles. The van der Waals surface area contributed by atoms with Gasteiger partial charge in [-0.25, -0.2) is 4.79 Å². The van der Waals surface area contributed by atoms with Gasteiger partial charge in [-0.3, -0.25) is 14.7 Å². The second kappa shape index (κ2) is 4.20. The van der Waals surface area contributed by atoms with E-state index in [2.05, 4.69) is 15.5 Å². The van der Waals surface area contributed by atoms with Crippen molar-refractivity contribution in [2.75, 3.05) is 5.32 Å². The molecule has 0 fully saturated rings. The number of aromatic carboxylic acids is 1. The van der Waals surface area contributed by atoms with Crippen LogP contribution in [0, 0.1) is 0 Å². The van der Waals surface area contributed by atoms with Gasteiger partial charge in [0.05, 0.1) is 18.0 Å². The Balaban J connectivity index is 1.99. The number of nitrogens with zero attached hydrogens (tertiary/aromatic N) is 3. The fraction of sp³-hybridized carbons (Fsp3) is 0.167. The van der Waals surface area contributed by atoms with Gasteiger partial charge >= 0.3 is 5.97 Å². The largest absolute Gasteiger partial charge is 0.478 e. The third-order valence-corrected chi connectivity index (χ3v) is 3.08. The zero-order chi connectivity index (χ0) is 13.4. The van der Waals surface area contributed by atoms with Crippen LogP contribution in [0.1, 0.15) is 28.4 Å². The number of carboxylic acid groups (broad SMARTS) is 1. The summed E-state index contributed by atoms with van der Waals surface area (Å²) in [6, 6.07) is 6.25. The first-order chi connectivity index (χ1) is 9.15. The van der Waals surface area contributed by atoms with Crippen LogP contribution >= 0.6 is 0 Å². The lowest BCUT2D eigenvalue weighted by Gasteiger charge is -2.24. The summed E-state index contributed by atoms with van der Waals surface area (Å²) in [6.45, 7) is 0. The summed E-state index contributed by atoms with van der Waals surface area (Å²) in [7, 11) is 0. The van der Waals surface area contributed by atoms with Crippen molar-refractivity contribution in [1.82, 2.24) is 14.8 Å². The van der Waals surface area contributed by atoms with Crippen LogP contribution in [0.5, 0.6) is 0 Å². The van der Waals surface area contributed by atoms with E-state index in [1.165, 1.54) is 12.1 Å². The van der Waals surface area contributed by atoms with Gasteiger partial charge in [-0.1, -0.05) is 12.1 Å². The predicted octanol–water partition coefficient (Wildman–Crippen LogP) is 0.908. The minimum atomic E-state index is -0.974. The number of fused-ring (bicyclic) bond motifs is 1. The molecule has 0 spiro atoms. The summed E-state index contributed by atoms with van der Waals surface area (Å²) in [4.78, 5) is 22.4. The van der Waals surface area contributed by atoms with Gasteiger partial charge in [0.15, 0.2) is 0 Å². The summed E-state index contributed by atoms with van der Waals surface area (Å²) in [5.41, 5.74) is 1.06. The molecule has 0 bridgehead atoms. The molecule has 0 saturated carbocycles. The molecule has 3 rings (SSSR count). The number of aromatic nitrogens is 3. The van der Waals surface area contributed by atoms with Crippen LogP contribution in [0.2, 0.25) is 0 Å².